The van der Waals surface area contributed by atoms with Crippen molar-refractivity contribution < 1.29 is 29.0 Å². The van der Waals surface area contributed by atoms with Crippen molar-refractivity contribution in [3.63, 3.8) is 0 Å². The minimum Gasteiger partial charge on any atom is -0.481 e. The number of carbonyl (C=O) groups excluding carboxylic acids is 2. The Hall–Kier alpha value is -2.05. The summed E-state index contributed by atoms with van der Waals surface area (Å²) in [5, 5.41) is 12.0. The molecule has 7 nitrogen and oxygen atoms in total. The zero-order chi connectivity index (χ0) is 19.5. The van der Waals surface area contributed by atoms with E-state index < -0.39 is 29.7 Å². The van der Waals surface area contributed by atoms with Gasteiger partial charge in [0.1, 0.15) is 0 Å². The highest BCUT2D eigenvalue weighted by molar-refractivity contribution is 5.72. The molecule has 1 saturated carbocycles. The Morgan fingerprint density at radius 3 is 2.54 bits per heavy atom. The lowest BCUT2D eigenvalue weighted by Gasteiger charge is -2.60. The molecule has 2 aliphatic rings. The number of allylic oxidation sites excluding steroid dienone is 2. The zero-order valence-corrected chi connectivity index (χ0v) is 15.9. The van der Waals surface area contributed by atoms with Crippen LogP contribution in [0.5, 0.6) is 0 Å². The Morgan fingerprint density at radius 2 is 1.96 bits per heavy atom. The number of alkyl carbamates (subject to hydrolysis) is 1. The van der Waals surface area contributed by atoms with Crippen molar-refractivity contribution in [2.45, 2.75) is 59.7 Å². The number of carbonyl (C=O) groups is 3. The fraction of sp³-hybridized carbons (Fsp3) is 0.737. The molecule has 0 aromatic carbocycles. The summed E-state index contributed by atoms with van der Waals surface area (Å²) in [6, 6.07) is 0. The third kappa shape index (κ3) is 4.02. The maximum absolute atomic E-state index is 12.0. The molecular weight excluding hydrogens is 338 g/mol. The van der Waals surface area contributed by atoms with Gasteiger partial charge in [-0.25, -0.2) is 4.79 Å². The fourth-order valence-corrected chi connectivity index (χ4v) is 4.45. The van der Waals surface area contributed by atoms with E-state index >= 15 is 0 Å². The smallest absolute Gasteiger partial charge is 0.410 e. The molecule has 0 aromatic heterocycles. The highest BCUT2D eigenvalue weighted by Gasteiger charge is 2.62. The maximum Gasteiger partial charge on any atom is 0.410 e. The van der Waals surface area contributed by atoms with Crippen molar-refractivity contribution in [3.05, 3.63) is 12.2 Å². The molecule has 146 valence electrons. The minimum atomic E-state index is -0.997. The number of esters is 1. The lowest BCUT2D eigenvalue weighted by molar-refractivity contribution is -0.169. The van der Waals surface area contributed by atoms with Crippen molar-refractivity contribution in [2.75, 3.05) is 6.54 Å². The lowest BCUT2D eigenvalue weighted by Crippen LogP contribution is -2.59. The molecule has 7 heteroatoms. The topological polar surface area (TPSA) is 102 Å². The van der Waals surface area contributed by atoms with Gasteiger partial charge in [-0.15, -0.1) is 0 Å². The van der Waals surface area contributed by atoms with E-state index in [0.717, 1.165) is 19.3 Å². The van der Waals surface area contributed by atoms with Crippen molar-refractivity contribution >= 4 is 18.0 Å². The number of hydrogen-bond acceptors (Lipinski definition) is 5. The Labute approximate surface area is 154 Å². The molecule has 1 fully saturated rings. The van der Waals surface area contributed by atoms with Crippen LogP contribution in [-0.2, 0) is 19.1 Å². The number of fused-ring (bicyclic) bond motifs is 1. The minimum absolute atomic E-state index is 0.00191. The SMILES string of the molecule is CC[C@@]12CC=C[C@H]1[C@](CNC(=O)O[C@H](C)OC(=O)C(C)C)(CC(=O)O)C2. The van der Waals surface area contributed by atoms with E-state index in [-0.39, 0.29) is 30.2 Å². The van der Waals surface area contributed by atoms with E-state index in [1.54, 1.807) is 13.8 Å². The quantitative estimate of drug-likeness (QED) is 0.388. The van der Waals surface area contributed by atoms with Gasteiger partial charge in [0.05, 0.1) is 12.3 Å². The van der Waals surface area contributed by atoms with Crippen LogP contribution >= 0.6 is 0 Å². The molecule has 0 unspecified atom stereocenters. The number of amides is 1. The number of nitrogens with one attached hydrogen (secondary N) is 1. The molecule has 0 aromatic rings. The summed E-state index contributed by atoms with van der Waals surface area (Å²) in [5.74, 6) is -1.48. The highest BCUT2D eigenvalue weighted by Crippen LogP contribution is 2.67. The van der Waals surface area contributed by atoms with E-state index in [1.807, 2.05) is 0 Å². The Morgan fingerprint density at radius 1 is 1.27 bits per heavy atom. The zero-order valence-electron chi connectivity index (χ0n) is 15.9. The van der Waals surface area contributed by atoms with Crippen LogP contribution in [-0.4, -0.2) is 36.0 Å². The number of hydrogen-bond donors (Lipinski definition) is 2. The van der Waals surface area contributed by atoms with E-state index in [9.17, 15) is 19.5 Å². The van der Waals surface area contributed by atoms with Crippen molar-refractivity contribution in [2.24, 2.45) is 22.7 Å². The summed E-state index contributed by atoms with van der Waals surface area (Å²) in [6.45, 7) is 7.20. The third-order valence-corrected chi connectivity index (χ3v) is 5.70. The van der Waals surface area contributed by atoms with Crippen LogP contribution < -0.4 is 5.32 Å². The second kappa shape index (κ2) is 7.68. The molecule has 0 radical (unpaired) electrons. The number of carboxylic acids is 1. The van der Waals surface area contributed by atoms with Gasteiger partial charge in [0.2, 0.25) is 6.29 Å². The largest absolute Gasteiger partial charge is 0.481 e. The monoisotopic (exact) mass is 367 g/mol. The summed E-state index contributed by atoms with van der Waals surface area (Å²) in [6.07, 6.45) is 5.21. The first kappa shape index (κ1) is 20.3. The second-order valence-corrected chi connectivity index (χ2v) is 7.85. The van der Waals surface area contributed by atoms with Crippen molar-refractivity contribution in [3.8, 4) is 0 Å². The van der Waals surface area contributed by atoms with E-state index in [0.29, 0.717) is 0 Å². The molecule has 4 atom stereocenters. The Balaban J connectivity index is 1.92. The molecule has 1 amide bonds. The van der Waals surface area contributed by atoms with Gasteiger partial charge in [-0.2, -0.15) is 0 Å². The lowest BCUT2D eigenvalue weighted by atomic mass is 9.44. The second-order valence-electron chi connectivity index (χ2n) is 7.85. The molecule has 0 heterocycles. The predicted octanol–water partition coefficient (Wildman–Crippen LogP) is 3.10. The molecule has 2 N–H and O–H groups in total. The average molecular weight is 367 g/mol. The maximum atomic E-state index is 12.0. The number of ether oxygens (including phenoxy) is 2. The van der Waals surface area contributed by atoms with E-state index in [1.165, 1.54) is 6.92 Å². The Kier molecular flexibility index (Phi) is 5.98. The predicted molar refractivity (Wildman–Crippen MR) is 94.1 cm³/mol. The molecule has 0 bridgehead atoms. The summed E-state index contributed by atoms with van der Waals surface area (Å²) in [5.41, 5.74) is -0.368. The van der Waals surface area contributed by atoms with Crippen LogP contribution in [0.2, 0.25) is 0 Å². The normalized spacial score (nSPS) is 30.3. The van der Waals surface area contributed by atoms with Gasteiger partial charge >= 0.3 is 18.0 Å². The van der Waals surface area contributed by atoms with Crippen LogP contribution in [0.15, 0.2) is 12.2 Å². The molecular formula is C19H29NO6. The van der Waals surface area contributed by atoms with Crippen molar-refractivity contribution in [1.29, 1.82) is 0 Å². The first-order valence-corrected chi connectivity index (χ1v) is 9.17. The van der Waals surface area contributed by atoms with Gasteiger partial charge in [0.25, 0.3) is 0 Å². The summed E-state index contributed by atoms with van der Waals surface area (Å²) >= 11 is 0. The molecule has 26 heavy (non-hydrogen) atoms. The highest BCUT2D eigenvalue weighted by atomic mass is 16.7. The number of carboxylic acid groups (broad SMARTS) is 1. The van der Waals surface area contributed by atoms with Crippen LogP contribution in [0.1, 0.15) is 53.4 Å². The Bertz CT molecular complexity index is 601. The van der Waals surface area contributed by atoms with Gasteiger partial charge in [0, 0.05) is 18.9 Å². The molecule has 2 aliphatic carbocycles. The van der Waals surface area contributed by atoms with Crippen LogP contribution in [0, 0.1) is 22.7 Å². The number of rotatable bonds is 8. The fourth-order valence-electron chi connectivity index (χ4n) is 4.45. The van der Waals surface area contributed by atoms with Gasteiger partial charge in [-0.05, 0) is 30.6 Å². The third-order valence-electron chi connectivity index (χ3n) is 5.70. The van der Waals surface area contributed by atoms with Crippen LogP contribution in [0.4, 0.5) is 4.79 Å². The molecule has 0 saturated heterocycles. The summed E-state index contributed by atoms with van der Waals surface area (Å²) in [4.78, 5) is 34.9. The van der Waals surface area contributed by atoms with Crippen LogP contribution in [0.25, 0.3) is 0 Å². The first-order valence-electron chi connectivity index (χ1n) is 9.17. The van der Waals surface area contributed by atoms with Crippen molar-refractivity contribution in [1.82, 2.24) is 5.32 Å². The molecule has 0 spiro atoms. The standard InChI is InChI=1S/C19H29NO6/c1-5-18-8-6-7-14(18)19(10-18,9-15(21)22)11-20-17(24)26-13(4)25-16(23)12(2)3/h6-7,12-14H,5,8-11H2,1-4H3,(H,20,24)(H,21,22)/t13-,14-,18+,19-/m1/s1. The summed E-state index contributed by atoms with van der Waals surface area (Å²) in [7, 11) is 0. The van der Waals surface area contributed by atoms with Gasteiger partial charge < -0.3 is 19.9 Å². The van der Waals surface area contributed by atoms with Gasteiger partial charge in [0.15, 0.2) is 0 Å². The van der Waals surface area contributed by atoms with Gasteiger partial charge in [-0.3, -0.25) is 9.59 Å². The molecule has 2 rings (SSSR count). The first-order chi connectivity index (χ1) is 12.1. The number of aliphatic carboxylic acids is 1. The summed E-state index contributed by atoms with van der Waals surface area (Å²) < 4.78 is 10.0. The average Bonchev–Trinajstić information content (AvgIpc) is 2.89. The molecule has 0 aliphatic heterocycles. The van der Waals surface area contributed by atoms with E-state index in [4.69, 9.17) is 9.47 Å². The van der Waals surface area contributed by atoms with E-state index in [2.05, 4.69) is 24.4 Å². The van der Waals surface area contributed by atoms with Gasteiger partial charge in [-0.1, -0.05) is 32.9 Å². The van der Waals surface area contributed by atoms with Crippen LogP contribution in [0.3, 0.4) is 0 Å².